The fourth-order valence-corrected chi connectivity index (χ4v) is 4.32. The van der Waals surface area contributed by atoms with E-state index in [2.05, 4.69) is 15.3 Å². The Morgan fingerprint density at radius 2 is 1.63 bits per heavy atom. The number of aryl methyl sites for hydroxylation is 1. The topological polar surface area (TPSA) is 127 Å². The number of benzene rings is 2. The van der Waals surface area contributed by atoms with E-state index in [0.717, 1.165) is 22.3 Å². The quantitative estimate of drug-likeness (QED) is 0.428. The van der Waals surface area contributed by atoms with Crippen LogP contribution in [0.5, 0.6) is 0 Å². The SMILES string of the molecule is NC(N)c1ccc([C@@H](NC(=O)[C@@H]2C[C@@H](F)CN2C(=O)CCc2cncnc2)c2ccccc2)cc1. The summed E-state index contributed by atoms with van der Waals surface area (Å²) < 4.78 is 14.4. The summed E-state index contributed by atoms with van der Waals surface area (Å²) >= 11 is 0. The standard InChI is InChI=1S/C26H29FN6O2/c27-21-12-22(33(15-21)23(34)11-6-17-13-30-16-31-14-17)26(35)32-24(18-4-2-1-3-5-18)19-7-9-20(10-8-19)25(28)29/h1-5,7-10,13-14,16,21-22,24-25H,6,11-12,15,28-29H2,(H,32,35)/t21-,22+,24+/m1/s1. The van der Waals surface area contributed by atoms with Gasteiger partial charge in [-0.1, -0.05) is 54.6 Å². The van der Waals surface area contributed by atoms with Crippen LogP contribution in [0, 0.1) is 0 Å². The fourth-order valence-electron chi connectivity index (χ4n) is 4.32. The molecule has 0 aliphatic carbocycles. The third kappa shape index (κ3) is 6.06. The largest absolute Gasteiger partial charge is 0.343 e. The van der Waals surface area contributed by atoms with Gasteiger partial charge in [-0.05, 0) is 28.7 Å². The van der Waals surface area contributed by atoms with Gasteiger partial charge in [-0.25, -0.2) is 14.4 Å². The van der Waals surface area contributed by atoms with Gasteiger partial charge in [0.2, 0.25) is 11.8 Å². The number of amides is 2. The van der Waals surface area contributed by atoms with Crippen molar-refractivity contribution < 1.29 is 14.0 Å². The molecular formula is C26H29FN6O2. The zero-order valence-corrected chi connectivity index (χ0v) is 19.3. The van der Waals surface area contributed by atoms with Crippen molar-refractivity contribution >= 4 is 11.8 Å². The molecule has 2 aromatic carbocycles. The number of carbonyl (C=O) groups excluding carboxylic acids is 2. The Labute approximate surface area is 203 Å². The van der Waals surface area contributed by atoms with Gasteiger partial charge in [-0.3, -0.25) is 9.59 Å². The summed E-state index contributed by atoms with van der Waals surface area (Å²) in [6, 6.07) is 15.5. The number of nitrogens with one attached hydrogen (secondary N) is 1. The molecule has 0 bridgehead atoms. The van der Waals surface area contributed by atoms with Crippen molar-refractivity contribution in [2.45, 2.75) is 43.7 Å². The minimum atomic E-state index is -1.25. The van der Waals surface area contributed by atoms with E-state index in [9.17, 15) is 14.0 Å². The number of hydrogen-bond acceptors (Lipinski definition) is 6. The van der Waals surface area contributed by atoms with Crippen molar-refractivity contribution in [2.75, 3.05) is 6.54 Å². The molecule has 2 amide bonds. The van der Waals surface area contributed by atoms with Gasteiger partial charge < -0.3 is 21.7 Å². The molecule has 0 unspecified atom stereocenters. The molecule has 1 saturated heterocycles. The number of hydrogen-bond donors (Lipinski definition) is 3. The molecule has 8 nitrogen and oxygen atoms in total. The Hall–Kier alpha value is -3.69. The average Bonchev–Trinajstić information content (AvgIpc) is 3.29. The van der Waals surface area contributed by atoms with Crippen molar-refractivity contribution in [2.24, 2.45) is 11.5 Å². The second kappa shape index (κ2) is 11.2. The fraction of sp³-hybridized carbons (Fsp3) is 0.308. The van der Waals surface area contributed by atoms with Gasteiger partial charge >= 0.3 is 0 Å². The minimum Gasteiger partial charge on any atom is -0.343 e. The molecule has 1 fully saturated rings. The highest BCUT2D eigenvalue weighted by Gasteiger charge is 2.40. The molecule has 0 spiro atoms. The summed E-state index contributed by atoms with van der Waals surface area (Å²) in [6.07, 6.45) is 3.37. The number of nitrogens with two attached hydrogens (primary N) is 2. The van der Waals surface area contributed by atoms with Crippen LogP contribution in [0.25, 0.3) is 0 Å². The Morgan fingerprint density at radius 1 is 1.00 bits per heavy atom. The molecule has 9 heteroatoms. The van der Waals surface area contributed by atoms with Crippen LogP contribution in [-0.4, -0.2) is 45.4 Å². The lowest BCUT2D eigenvalue weighted by Crippen LogP contribution is -2.47. The maximum atomic E-state index is 14.4. The second-order valence-corrected chi connectivity index (χ2v) is 8.69. The molecule has 1 aliphatic heterocycles. The van der Waals surface area contributed by atoms with Crippen LogP contribution in [0.2, 0.25) is 0 Å². The average molecular weight is 477 g/mol. The first kappa shape index (κ1) is 24.4. The van der Waals surface area contributed by atoms with Crippen LogP contribution in [0.3, 0.4) is 0 Å². The Balaban J connectivity index is 1.51. The number of likely N-dealkylation sites (tertiary alicyclic amines) is 1. The van der Waals surface area contributed by atoms with E-state index >= 15 is 0 Å². The highest BCUT2D eigenvalue weighted by Crippen LogP contribution is 2.26. The van der Waals surface area contributed by atoms with Crippen LogP contribution in [-0.2, 0) is 16.0 Å². The van der Waals surface area contributed by atoms with Crippen molar-refractivity contribution in [3.8, 4) is 0 Å². The summed E-state index contributed by atoms with van der Waals surface area (Å²) in [7, 11) is 0. The van der Waals surface area contributed by atoms with Crippen LogP contribution in [0.1, 0.15) is 47.3 Å². The van der Waals surface area contributed by atoms with Crippen LogP contribution in [0.15, 0.2) is 73.3 Å². The molecule has 0 saturated carbocycles. The zero-order valence-electron chi connectivity index (χ0n) is 19.3. The summed E-state index contributed by atoms with van der Waals surface area (Å²) in [5, 5.41) is 3.04. The molecule has 3 aromatic rings. The molecule has 35 heavy (non-hydrogen) atoms. The summed E-state index contributed by atoms with van der Waals surface area (Å²) in [4.78, 5) is 35.5. The molecule has 2 heterocycles. The number of halogens is 1. The highest BCUT2D eigenvalue weighted by molar-refractivity contribution is 5.89. The second-order valence-electron chi connectivity index (χ2n) is 8.69. The summed E-state index contributed by atoms with van der Waals surface area (Å²) in [6.45, 7) is -0.0959. The van der Waals surface area contributed by atoms with Gasteiger partial charge in [0.15, 0.2) is 0 Å². The van der Waals surface area contributed by atoms with Gasteiger partial charge in [-0.2, -0.15) is 0 Å². The smallest absolute Gasteiger partial charge is 0.243 e. The maximum Gasteiger partial charge on any atom is 0.243 e. The third-order valence-electron chi connectivity index (χ3n) is 6.19. The van der Waals surface area contributed by atoms with Crippen molar-refractivity contribution in [3.63, 3.8) is 0 Å². The minimum absolute atomic E-state index is 0.0332. The van der Waals surface area contributed by atoms with E-state index < -0.39 is 30.3 Å². The van der Waals surface area contributed by atoms with Gasteiger partial charge in [0.05, 0.1) is 18.8 Å². The van der Waals surface area contributed by atoms with Crippen molar-refractivity contribution in [3.05, 3.63) is 95.6 Å². The van der Waals surface area contributed by atoms with Crippen LogP contribution in [0.4, 0.5) is 4.39 Å². The monoisotopic (exact) mass is 476 g/mol. The lowest BCUT2D eigenvalue weighted by molar-refractivity contribution is -0.138. The number of nitrogens with zero attached hydrogens (tertiary/aromatic N) is 3. The number of alkyl halides is 1. The maximum absolute atomic E-state index is 14.4. The van der Waals surface area contributed by atoms with Crippen molar-refractivity contribution in [1.82, 2.24) is 20.2 Å². The Morgan fingerprint density at radius 3 is 2.29 bits per heavy atom. The third-order valence-corrected chi connectivity index (χ3v) is 6.19. The molecular weight excluding hydrogens is 447 g/mol. The molecule has 182 valence electrons. The van der Waals surface area contributed by atoms with Gasteiger partial charge in [-0.15, -0.1) is 0 Å². The molecule has 0 radical (unpaired) electrons. The molecule has 1 aromatic heterocycles. The predicted octanol–water partition coefficient (Wildman–Crippen LogP) is 2.17. The van der Waals surface area contributed by atoms with E-state index in [-0.39, 0.29) is 25.3 Å². The molecule has 5 N–H and O–H groups in total. The van der Waals surface area contributed by atoms with E-state index in [1.165, 1.54) is 11.2 Å². The van der Waals surface area contributed by atoms with Crippen LogP contribution < -0.4 is 16.8 Å². The van der Waals surface area contributed by atoms with Crippen LogP contribution >= 0.6 is 0 Å². The summed E-state index contributed by atoms with van der Waals surface area (Å²) in [5.41, 5.74) is 14.8. The Kier molecular flexibility index (Phi) is 7.79. The van der Waals surface area contributed by atoms with Crippen molar-refractivity contribution in [1.29, 1.82) is 0 Å². The predicted molar refractivity (Wildman–Crippen MR) is 129 cm³/mol. The van der Waals surface area contributed by atoms with E-state index in [4.69, 9.17) is 11.5 Å². The first-order chi connectivity index (χ1) is 16.9. The highest BCUT2D eigenvalue weighted by atomic mass is 19.1. The molecule has 3 atom stereocenters. The van der Waals surface area contributed by atoms with E-state index in [1.54, 1.807) is 12.4 Å². The number of carbonyl (C=O) groups is 2. The first-order valence-corrected chi connectivity index (χ1v) is 11.6. The first-order valence-electron chi connectivity index (χ1n) is 11.6. The van der Waals surface area contributed by atoms with Gasteiger partial charge in [0.1, 0.15) is 18.5 Å². The zero-order chi connectivity index (χ0) is 24.8. The van der Waals surface area contributed by atoms with E-state index in [0.29, 0.717) is 6.42 Å². The normalized spacial score (nSPS) is 18.5. The lowest BCUT2D eigenvalue weighted by atomic mass is 9.96. The molecule has 4 rings (SSSR count). The number of rotatable bonds is 8. The van der Waals surface area contributed by atoms with E-state index in [1.807, 2.05) is 54.6 Å². The van der Waals surface area contributed by atoms with Gasteiger partial charge in [0.25, 0.3) is 0 Å². The summed E-state index contributed by atoms with van der Waals surface area (Å²) in [5.74, 6) is -0.665. The Bertz CT molecular complexity index is 1130. The molecule has 1 aliphatic rings. The lowest BCUT2D eigenvalue weighted by Gasteiger charge is -2.27. The van der Waals surface area contributed by atoms with Gasteiger partial charge in [0, 0.05) is 25.2 Å². The number of aromatic nitrogens is 2.